The molecule has 19 heavy (non-hydrogen) atoms. The Morgan fingerprint density at radius 2 is 1.58 bits per heavy atom. The van der Waals surface area contributed by atoms with E-state index in [9.17, 15) is 14.2 Å². The lowest BCUT2D eigenvalue weighted by Crippen LogP contribution is -2.20. The molecule has 1 atom stereocenters. The molecule has 7 nitrogen and oxygen atoms in total. The molecule has 0 aromatic carbocycles. The maximum absolute atomic E-state index is 12.2. The maximum atomic E-state index is 12.2. The maximum Gasteiger partial charge on any atom is 0.370 e. The molecule has 0 fully saturated rings. The zero-order chi connectivity index (χ0) is 14.9. The van der Waals surface area contributed by atoms with Gasteiger partial charge in [-0.05, 0) is 6.42 Å². The molecule has 0 aliphatic heterocycles. The van der Waals surface area contributed by atoms with Crippen molar-refractivity contribution in [2.24, 2.45) is 0 Å². The average Bonchev–Trinajstić information content (AvgIpc) is 2.43. The van der Waals surface area contributed by atoms with E-state index in [0.717, 1.165) is 0 Å². The van der Waals surface area contributed by atoms with Crippen LogP contribution >= 0.6 is 7.60 Å². The molecule has 0 N–H and O–H groups in total. The molecular weight excluding hydrogens is 275 g/mol. The van der Waals surface area contributed by atoms with Crippen LogP contribution in [0.4, 0.5) is 0 Å². The second-order valence-electron chi connectivity index (χ2n) is 3.71. The predicted molar refractivity (Wildman–Crippen MR) is 67.7 cm³/mol. The molecule has 0 aliphatic carbocycles. The number of ether oxygens (including phenoxy) is 2. The van der Waals surface area contributed by atoms with E-state index in [0.29, 0.717) is 12.8 Å². The second-order valence-corrected chi connectivity index (χ2v) is 6.10. The van der Waals surface area contributed by atoms with Crippen LogP contribution in [0.3, 0.4) is 0 Å². The number of esters is 2. The Kier molecular flexibility index (Phi) is 8.63. The van der Waals surface area contributed by atoms with E-state index in [1.54, 1.807) is 0 Å². The van der Waals surface area contributed by atoms with Crippen LogP contribution in [0.2, 0.25) is 0 Å². The first-order chi connectivity index (χ1) is 8.93. The van der Waals surface area contributed by atoms with Gasteiger partial charge in [-0.1, -0.05) is 13.3 Å². The van der Waals surface area contributed by atoms with Crippen molar-refractivity contribution in [2.45, 2.75) is 38.5 Å². The van der Waals surface area contributed by atoms with E-state index in [4.69, 9.17) is 13.8 Å². The SMILES string of the molecule is CCCC(OC(=O)CCC(=O)OC)P(=O)(OC)OC. The van der Waals surface area contributed by atoms with Gasteiger partial charge in [0, 0.05) is 14.2 Å². The van der Waals surface area contributed by atoms with Crippen molar-refractivity contribution in [2.75, 3.05) is 21.3 Å². The van der Waals surface area contributed by atoms with Crippen LogP contribution < -0.4 is 0 Å². The summed E-state index contributed by atoms with van der Waals surface area (Å²) in [7, 11) is 0.221. The third kappa shape index (κ3) is 6.18. The summed E-state index contributed by atoms with van der Waals surface area (Å²) >= 11 is 0. The molecule has 1 unspecified atom stereocenters. The highest BCUT2D eigenvalue weighted by Gasteiger charge is 2.36. The van der Waals surface area contributed by atoms with Crippen molar-refractivity contribution in [1.82, 2.24) is 0 Å². The summed E-state index contributed by atoms with van der Waals surface area (Å²) in [4.78, 5) is 22.5. The minimum atomic E-state index is -3.48. The van der Waals surface area contributed by atoms with Gasteiger partial charge in [-0.15, -0.1) is 0 Å². The molecule has 0 aromatic rings. The molecule has 112 valence electrons. The van der Waals surface area contributed by atoms with Gasteiger partial charge in [-0.2, -0.15) is 0 Å². The summed E-state index contributed by atoms with van der Waals surface area (Å²) < 4.78 is 31.3. The van der Waals surface area contributed by atoms with Crippen LogP contribution in [0, 0.1) is 0 Å². The second kappa shape index (κ2) is 9.07. The summed E-state index contributed by atoms with van der Waals surface area (Å²) in [6, 6.07) is 0. The topological polar surface area (TPSA) is 88.1 Å². The standard InChI is InChI=1S/C11H21O7P/c1-5-6-11(19(14,16-3)17-4)18-10(13)8-7-9(12)15-2/h11H,5-8H2,1-4H3. The van der Waals surface area contributed by atoms with Crippen molar-refractivity contribution in [1.29, 1.82) is 0 Å². The molecule has 0 bridgehead atoms. The van der Waals surface area contributed by atoms with Crippen molar-refractivity contribution in [3.8, 4) is 0 Å². The minimum absolute atomic E-state index is 0.0849. The van der Waals surface area contributed by atoms with Gasteiger partial charge < -0.3 is 18.5 Å². The molecule has 0 aromatic heterocycles. The molecule has 0 saturated carbocycles. The number of rotatable bonds is 9. The van der Waals surface area contributed by atoms with Gasteiger partial charge in [0.25, 0.3) is 0 Å². The Labute approximate surface area is 113 Å². The highest BCUT2D eigenvalue weighted by molar-refractivity contribution is 7.54. The Morgan fingerprint density at radius 3 is 2.00 bits per heavy atom. The highest BCUT2D eigenvalue weighted by atomic mass is 31.2. The fraction of sp³-hybridized carbons (Fsp3) is 0.818. The molecule has 0 saturated heterocycles. The van der Waals surface area contributed by atoms with Crippen LogP contribution in [0.25, 0.3) is 0 Å². The Balaban J connectivity index is 4.54. The van der Waals surface area contributed by atoms with E-state index in [1.807, 2.05) is 6.92 Å². The first-order valence-corrected chi connectivity index (χ1v) is 7.52. The fourth-order valence-electron chi connectivity index (χ4n) is 1.36. The van der Waals surface area contributed by atoms with Crippen LogP contribution in [0.1, 0.15) is 32.6 Å². The van der Waals surface area contributed by atoms with E-state index >= 15 is 0 Å². The first kappa shape index (κ1) is 18.1. The summed E-state index contributed by atoms with van der Waals surface area (Å²) in [5.74, 6) is -2.11. The average molecular weight is 296 g/mol. The smallest absolute Gasteiger partial charge is 0.370 e. The summed E-state index contributed by atoms with van der Waals surface area (Å²) in [6.07, 6.45) is 0.771. The van der Waals surface area contributed by atoms with Gasteiger partial charge in [0.05, 0.1) is 20.0 Å². The Morgan fingerprint density at radius 1 is 1.05 bits per heavy atom. The molecule has 0 aliphatic rings. The largest absolute Gasteiger partial charge is 0.469 e. The van der Waals surface area contributed by atoms with E-state index in [1.165, 1.54) is 21.3 Å². The molecule has 0 spiro atoms. The number of carbonyl (C=O) groups is 2. The predicted octanol–water partition coefficient (Wildman–Crippen LogP) is 2.09. The summed E-state index contributed by atoms with van der Waals surface area (Å²) in [5, 5.41) is 0. The van der Waals surface area contributed by atoms with Crippen LogP contribution in [-0.4, -0.2) is 39.1 Å². The van der Waals surface area contributed by atoms with Gasteiger partial charge in [-0.3, -0.25) is 14.2 Å². The number of hydrogen-bond acceptors (Lipinski definition) is 7. The Bertz CT molecular complexity index is 334. The fourth-order valence-corrected chi connectivity index (χ4v) is 2.80. The lowest BCUT2D eigenvalue weighted by atomic mass is 10.3. The Hall–Kier alpha value is -0.910. The zero-order valence-electron chi connectivity index (χ0n) is 11.7. The van der Waals surface area contributed by atoms with Gasteiger partial charge in [0.2, 0.25) is 5.85 Å². The van der Waals surface area contributed by atoms with Crippen molar-refractivity contribution in [3.63, 3.8) is 0 Å². The molecular formula is C11H21O7P. The monoisotopic (exact) mass is 296 g/mol. The van der Waals surface area contributed by atoms with Crippen LogP contribution in [0.5, 0.6) is 0 Å². The summed E-state index contributed by atoms with van der Waals surface area (Å²) in [6.45, 7) is 1.85. The molecule has 8 heteroatoms. The minimum Gasteiger partial charge on any atom is -0.469 e. The third-order valence-corrected chi connectivity index (χ3v) is 4.51. The molecule has 0 rings (SSSR count). The van der Waals surface area contributed by atoms with Crippen LogP contribution in [-0.2, 0) is 32.7 Å². The first-order valence-electron chi connectivity index (χ1n) is 5.91. The van der Waals surface area contributed by atoms with E-state index in [-0.39, 0.29) is 12.8 Å². The van der Waals surface area contributed by atoms with Crippen molar-refractivity contribution in [3.05, 3.63) is 0 Å². The number of hydrogen-bond donors (Lipinski definition) is 0. The lowest BCUT2D eigenvalue weighted by Gasteiger charge is -2.23. The van der Waals surface area contributed by atoms with Gasteiger partial charge >= 0.3 is 19.5 Å². The quantitative estimate of drug-likeness (QED) is 0.475. The molecule has 0 amide bonds. The number of methoxy groups -OCH3 is 1. The van der Waals surface area contributed by atoms with E-state index in [2.05, 4.69) is 4.74 Å². The van der Waals surface area contributed by atoms with Gasteiger partial charge in [0.1, 0.15) is 0 Å². The summed E-state index contributed by atoms with van der Waals surface area (Å²) in [5.41, 5.74) is 0. The highest BCUT2D eigenvalue weighted by Crippen LogP contribution is 2.53. The molecule has 0 radical (unpaired) electrons. The zero-order valence-corrected chi connectivity index (χ0v) is 12.6. The molecule has 0 heterocycles. The third-order valence-electron chi connectivity index (χ3n) is 2.43. The van der Waals surface area contributed by atoms with Crippen molar-refractivity contribution >= 4 is 19.5 Å². The van der Waals surface area contributed by atoms with E-state index < -0.39 is 25.4 Å². The van der Waals surface area contributed by atoms with Gasteiger partial charge in [0.15, 0.2) is 0 Å². The van der Waals surface area contributed by atoms with Gasteiger partial charge in [-0.25, -0.2) is 0 Å². The van der Waals surface area contributed by atoms with Crippen molar-refractivity contribution < 1.29 is 32.7 Å². The van der Waals surface area contributed by atoms with Crippen LogP contribution in [0.15, 0.2) is 0 Å². The normalized spacial score (nSPS) is 12.8. The lowest BCUT2D eigenvalue weighted by molar-refractivity contribution is -0.150. The number of carbonyl (C=O) groups excluding carboxylic acids is 2.